The summed E-state index contributed by atoms with van der Waals surface area (Å²) in [6.07, 6.45) is 0. The first-order chi connectivity index (χ1) is 11.7. The molecule has 0 radical (unpaired) electrons. The van der Waals surface area contributed by atoms with E-state index >= 15 is 0 Å². The van der Waals surface area contributed by atoms with Gasteiger partial charge in [0.15, 0.2) is 0 Å². The molecular formula is C20H21N3O. The molecule has 24 heavy (non-hydrogen) atoms. The largest absolute Gasteiger partial charge is 0.375 e. The van der Waals surface area contributed by atoms with Crippen LogP contribution in [-0.4, -0.2) is 24.5 Å². The van der Waals surface area contributed by atoms with E-state index in [1.54, 1.807) is 0 Å². The Morgan fingerprint density at radius 3 is 2.54 bits per heavy atom. The van der Waals surface area contributed by atoms with Crippen molar-refractivity contribution in [2.45, 2.75) is 13.5 Å². The van der Waals surface area contributed by atoms with E-state index < -0.39 is 0 Å². The van der Waals surface area contributed by atoms with Crippen LogP contribution >= 0.6 is 0 Å². The van der Waals surface area contributed by atoms with E-state index in [0.29, 0.717) is 12.1 Å². The molecule has 3 rings (SSSR count). The molecular weight excluding hydrogens is 298 g/mol. The van der Waals surface area contributed by atoms with Crippen molar-refractivity contribution in [2.24, 2.45) is 0 Å². The molecule has 3 aromatic rings. The number of hydrogen-bond acceptors (Lipinski definition) is 3. The molecule has 0 saturated carbocycles. The van der Waals surface area contributed by atoms with E-state index in [0.717, 1.165) is 28.8 Å². The standard InChI is InChI=1S/C20H21N3O/c1-3-23(2)18-12-9-16(10-13-18)20(24)21-14-17-11-8-15-6-4-5-7-19(15)22-17/h4-13H,3,14H2,1-2H3,(H,21,24). The Balaban J connectivity index is 1.65. The lowest BCUT2D eigenvalue weighted by molar-refractivity contribution is 0.0950. The average molecular weight is 319 g/mol. The van der Waals surface area contributed by atoms with E-state index in [4.69, 9.17) is 0 Å². The molecule has 0 aliphatic rings. The van der Waals surface area contributed by atoms with Crippen LogP contribution in [0.4, 0.5) is 5.69 Å². The SMILES string of the molecule is CCN(C)c1ccc(C(=O)NCc2ccc3ccccc3n2)cc1. The summed E-state index contributed by atoms with van der Waals surface area (Å²) in [5, 5.41) is 4.03. The molecule has 4 nitrogen and oxygen atoms in total. The number of nitrogens with zero attached hydrogens (tertiary/aromatic N) is 2. The normalized spacial score (nSPS) is 10.6. The van der Waals surface area contributed by atoms with Gasteiger partial charge in [0.05, 0.1) is 17.8 Å². The zero-order valence-electron chi connectivity index (χ0n) is 14.0. The molecule has 1 heterocycles. The highest BCUT2D eigenvalue weighted by atomic mass is 16.1. The van der Waals surface area contributed by atoms with Crippen molar-refractivity contribution in [2.75, 3.05) is 18.5 Å². The minimum absolute atomic E-state index is 0.0874. The summed E-state index contributed by atoms with van der Waals surface area (Å²) < 4.78 is 0. The maximum Gasteiger partial charge on any atom is 0.251 e. The van der Waals surface area contributed by atoms with Crippen LogP contribution in [0, 0.1) is 0 Å². The summed E-state index contributed by atoms with van der Waals surface area (Å²) in [7, 11) is 2.03. The number of anilines is 1. The number of pyridine rings is 1. The number of hydrogen-bond donors (Lipinski definition) is 1. The van der Waals surface area contributed by atoms with Gasteiger partial charge in [-0.15, -0.1) is 0 Å². The van der Waals surface area contributed by atoms with Crippen molar-refractivity contribution < 1.29 is 4.79 Å². The zero-order chi connectivity index (χ0) is 16.9. The van der Waals surface area contributed by atoms with Gasteiger partial charge in [0.2, 0.25) is 0 Å². The molecule has 0 aliphatic heterocycles. The van der Waals surface area contributed by atoms with Gasteiger partial charge >= 0.3 is 0 Å². The highest BCUT2D eigenvalue weighted by molar-refractivity contribution is 5.94. The highest BCUT2D eigenvalue weighted by Gasteiger charge is 2.07. The molecule has 4 heteroatoms. The van der Waals surface area contributed by atoms with Gasteiger partial charge < -0.3 is 10.2 Å². The van der Waals surface area contributed by atoms with Crippen molar-refractivity contribution in [3.05, 3.63) is 71.9 Å². The lowest BCUT2D eigenvalue weighted by Gasteiger charge is -2.16. The number of aromatic nitrogens is 1. The van der Waals surface area contributed by atoms with E-state index in [9.17, 15) is 4.79 Å². The van der Waals surface area contributed by atoms with E-state index in [1.165, 1.54) is 0 Å². The Kier molecular flexibility index (Phi) is 4.75. The van der Waals surface area contributed by atoms with Crippen molar-refractivity contribution in [3.63, 3.8) is 0 Å². The second-order valence-corrected chi connectivity index (χ2v) is 5.74. The summed E-state index contributed by atoms with van der Waals surface area (Å²) in [6.45, 7) is 3.44. The van der Waals surface area contributed by atoms with Gasteiger partial charge in [-0.2, -0.15) is 0 Å². The van der Waals surface area contributed by atoms with Crippen LogP contribution in [-0.2, 0) is 6.54 Å². The Bertz CT molecular complexity index is 843. The van der Waals surface area contributed by atoms with Gasteiger partial charge in [-0.05, 0) is 43.3 Å². The Morgan fingerprint density at radius 2 is 1.79 bits per heavy atom. The van der Waals surface area contributed by atoms with Gasteiger partial charge in [-0.1, -0.05) is 24.3 Å². The molecule has 0 fully saturated rings. The second-order valence-electron chi connectivity index (χ2n) is 5.74. The maximum atomic E-state index is 12.3. The van der Waals surface area contributed by atoms with Crippen LogP contribution in [0.1, 0.15) is 23.0 Å². The van der Waals surface area contributed by atoms with Gasteiger partial charge in [0.1, 0.15) is 0 Å². The molecule has 1 aromatic heterocycles. The molecule has 0 saturated heterocycles. The fourth-order valence-corrected chi connectivity index (χ4v) is 2.53. The number of carbonyl (C=O) groups excluding carboxylic acids is 1. The van der Waals surface area contributed by atoms with Crippen LogP contribution in [0.2, 0.25) is 0 Å². The fourth-order valence-electron chi connectivity index (χ4n) is 2.53. The lowest BCUT2D eigenvalue weighted by Crippen LogP contribution is -2.23. The fraction of sp³-hybridized carbons (Fsp3) is 0.200. The second kappa shape index (κ2) is 7.13. The number of fused-ring (bicyclic) bond motifs is 1. The molecule has 0 atom stereocenters. The molecule has 0 unspecified atom stereocenters. The summed E-state index contributed by atoms with van der Waals surface area (Å²) in [5.41, 5.74) is 3.55. The zero-order valence-corrected chi connectivity index (χ0v) is 14.0. The van der Waals surface area contributed by atoms with Gasteiger partial charge in [0.25, 0.3) is 5.91 Å². The number of carbonyl (C=O) groups is 1. The van der Waals surface area contributed by atoms with Crippen LogP contribution in [0.5, 0.6) is 0 Å². The van der Waals surface area contributed by atoms with E-state index in [1.807, 2.05) is 67.7 Å². The van der Waals surface area contributed by atoms with Crippen molar-refractivity contribution >= 4 is 22.5 Å². The Morgan fingerprint density at radius 1 is 1.04 bits per heavy atom. The topological polar surface area (TPSA) is 45.2 Å². The van der Waals surface area contributed by atoms with Crippen LogP contribution < -0.4 is 10.2 Å². The van der Waals surface area contributed by atoms with Gasteiger partial charge in [-0.25, -0.2) is 0 Å². The monoisotopic (exact) mass is 319 g/mol. The number of amides is 1. The maximum absolute atomic E-state index is 12.3. The third kappa shape index (κ3) is 3.54. The Labute approximate surface area is 142 Å². The Hall–Kier alpha value is -2.88. The van der Waals surface area contributed by atoms with Crippen molar-refractivity contribution in [1.29, 1.82) is 0 Å². The molecule has 122 valence electrons. The predicted molar refractivity (Wildman–Crippen MR) is 98.3 cm³/mol. The van der Waals surface area contributed by atoms with Crippen molar-refractivity contribution in [1.82, 2.24) is 10.3 Å². The first-order valence-electron chi connectivity index (χ1n) is 8.11. The predicted octanol–water partition coefficient (Wildman–Crippen LogP) is 3.62. The van der Waals surface area contributed by atoms with Gasteiger partial charge in [0, 0.05) is 30.2 Å². The molecule has 2 aromatic carbocycles. The number of rotatable bonds is 5. The number of benzene rings is 2. The van der Waals surface area contributed by atoms with Gasteiger partial charge in [-0.3, -0.25) is 9.78 Å². The molecule has 0 aliphatic carbocycles. The molecule has 1 amide bonds. The van der Waals surface area contributed by atoms with Crippen LogP contribution in [0.25, 0.3) is 10.9 Å². The minimum Gasteiger partial charge on any atom is -0.375 e. The first-order valence-corrected chi connectivity index (χ1v) is 8.11. The molecule has 0 spiro atoms. The molecule has 1 N–H and O–H groups in total. The minimum atomic E-state index is -0.0874. The first kappa shape index (κ1) is 16.0. The van der Waals surface area contributed by atoms with E-state index in [2.05, 4.69) is 22.1 Å². The average Bonchev–Trinajstić information content (AvgIpc) is 2.65. The smallest absolute Gasteiger partial charge is 0.251 e. The lowest BCUT2D eigenvalue weighted by atomic mass is 10.1. The number of para-hydroxylation sites is 1. The van der Waals surface area contributed by atoms with E-state index in [-0.39, 0.29) is 5.91 Å². The summed E-state index contributed by atoms with van der Waals surface area (Å²) >= 11 is 0. The van der Waals surface area contributed by atoms with Crippen LogP contribution in [0.3, 0.4) is 0 Å². The summed E-state index contributed by atoms with van der Waals surface area (Å²) in [4.78, 5) is 19.0. The summed E-state index contributed by atoms with van der Waals surface area (Å²) in [6, 6.07) is 19.6. The van der Waals surface area contributed by atoms with Crippen molar-refractivity contribution in [3.8, 4) is 0 Å². The number of nitrogens with one attached hydrogen (secondary N) is 1. The third-order valence-corrected chi connectivity index (χ3v) is 4.13. The highest BCUT2D eigenvalue weighted by Crippen LogP contribution is 2.14. The summed E-state index contributed by atoms with van der Waals surface area (Å²) in [5.74, 6) is -0.0874. The quantitative estimate of drug-likeness (QED) is 0.781. The third-order valence-electron chi connectivity index (χ3n) is 4.13. The van der Waals surface area contributed by atoms with Crippen LogP contribution in [0.15, 0.2) is 60.7 Å². The molecule has 0 bridgehead atoms.